The summed E-state index contributed by atoms with van der Waals surface area (Å²) in [6.07, 6.45) is 6.28. The third kappa shape index (κ3) is 4.07. The zero-order valence-electron chi connectivity index (χ0n) is 24.8. The maximum atomic E-state index is 5.08. The molecule has 0 saturated carbocycles. The average molecular weight is 589 g/mol. The molecule has 204 valence electrons. The zero-order chi connectivity index (χ0) is 28.3. The summed E-state index contributed by atoms with van der Waals surface area (Å²) >= 11 is -3.15. The van der Waals surface area contributed by atoms with E-state index in [0.29, 0.717) is 0 Å². The van der Waals surface area contributed by atoms with Gasteiger partial charge in [0.1, 0.15) is 0 Å². The van der Waals surface area contributed by atoms with Gasteiger partial charge in [-0.15, -0.1) is 0 Å². The summed E-state index contributed by atoms with van der Waals surface area (Å²) in [5, 5.41) is 2.57. The number of rotatable bonds is 4. The van der Waals surface area contributed by atoms with Gasteiger partial charge in [-0.1, -0.05) is 0 Å². The van der Waals surface area contributed by atoms with Crippen molar-refractivity contribution in [2.45, 2.75) is 50.0 Å². The summed E-state index contributed by atoms with van der Waals surface area (Å²) in [7, 11) is 2.11. The number of pyridine rings is 1. The van der Waals surface area contributed by atoms with Gasteiger partial charge in [0.2, 0.25) is 0 Å². The Morgan fingerprint density at radius 3 is 2.08 bits per heavy atom. The van der Waals surface area contributed by atoms with Gasteiger partial charge < -0.3 is 0 Å². The van der Waals surface area contributed by atoms with Crippen LogP contribution in [0.2, 0.25) is 8.49 Å². The Morgan fingerprint density at radius 1 is 0.675 bits per heavy atom. The zero-order valence-corrected chi connectivity index (χ0v) is 26.9. The Morgan fingerprint density at radius 2 is 1.40 bits per heavy atom. The Kier molecular flexibility index (Phi) is 6.38. The van der Waals surface area contributed by atoms with Crippen molar-refractivity contribution >= 4 is 49.7 Å². The SMILES string of the molecule is CN1C=CN(c2ccc3c4ccccc4n(-c4ccc[c]([Ge]([c]5ccccn5)([C](C)(C)C)[C](C)(C)C)c4)c3c2)C1. The summed E-state index contributed by atoms with van der Waals surface area (Å²) in [5.74, 6) is 0. The quantitative estimate of drug-likeness (QED) is 0.203. The number of anilines is 1. The van der Waals surface area contributed by atoms with Crippen molar-refractivity contribution in [1.82, 2.24) is 14.5 Å². The molecule has 0 N–H and O–H groups in total. The number of nitrogens with zero attached hydrogens (tertiary/aromatic N) is 4. The minimum atomic E-state index is -3.15. The molecule has 0 bridgehead atoms. The van der Waals surface area contributed by atoms with Crippen LogP contribution in [-0.2, 0) is 0 Å². The molecule has 0 saturated heterocycles. The van der Waals surface area contributed by atoms with Crippen LogP contribution < -0.4 is 13.8 Å². The van der Waals surface area contributed by atoms with Gasteiger partial charge in [-0.3, -0.25) is 0 Å². The van der Waals surface area contributed by atoms with Crippen molar-refractivity contribution in [1.29, 1.82) is 0 Å². The van der Waals surface area contributed by atoms with Crippen molar-refractivity contribution in [3.05, 3.63) is 104 Å². The summed E-state index contributed by atoms with van der Waals surface area (Å²) < 4.78 is 5.43. The van der Waals surface area contributed by atoms with Gasteiger partial charge in [-0.05, 0) is 0 Å². The van der Waals surface area contributed by atoms with Crippen molar-refractivity contribution in [2.75, 3.05) is 18.6 Å². The molecule has 0 spiro atoms. The molecule has 5 aromatic rings. The first-order valence-electron chi connectivity index (χ1n) is 14.2. The van der Waals surface area contributed by atoms with Crippen LogP contribution in [0.15, 0.2) is 104 Å². The monoisotopic (exact) mass is 590 g/mol. The van der Waals surface area contributed by atoms with Crippen molar-refractivity contribution in [2.24, 2.45) is 0 Å². The number of fused-ring (bicyclic) bond motifs is 3. The third-order valence-corrected chi connectivity index (χ3v) is 22.8. The van der Waals surface area contributed by atoms with Gasteiger partial charge in [0.15, 0.2) is 0 Å². The van der Waals surface area contributed by atoms with E-state index in [1.807, 2.05) is 12.3 Å². The van der Waals surface area contributed by atoms with Gasteiger partial charge >= 0.3 is 242 Å². The van der Waals surface area contributed by atoms with E-state index in [1.54, 1.807) is 0 Å². The fourth-order valence-electron chi connectivity index (χ4n) is 7.48. The van der Waals surface area contributed by atoms with Crippen LogP contribution in [0.3, 0.4) is 0 Å². The molecule has 1 aliphatic heterocycles. The molecular weight excluding hydrogens is 549 g/mol. The molecule has 0 aliphatic carbocycles. The fourth-order valence-corrected chi connectivity index (χ4v) is 22.5. The van der Waals surface area contributed by atoms with Gasteiger partial charge in [0.25, 0.3) is 0 Å². The predicted octanol–water partition coefficient (Wildman–Crippen LogP) is 7.52. The first-order chi connectivity index (χ1) is 19.0. The number of benzene rings is 3. The van der Waals surface area contributed by atoms with E-state index in [1.165, 1.54) is 42.1 Å². The average Bonchev–Trinajstić information content (AvgIpc) is 3.49. The van der Waals surface area contributed by atoms with E-state index in [-0.39, 0.29) is 8.49 Å². The standard InChI is InChI=1S/C35H40GeN4/c1-34(2,3)36(35(4,5)6,33-17-10-11-20-37-33)26-13-12-14-28(23-26)40-31-16-9-8-15-29(31)30-19-18-27(24-32(30)40)39-22-21-38(7)25-39/h8-24H,25H2,1-7H3. The molecule has 0 fully saturated rings. The topological polar surface area (TPSA) is 24.3 Å². The van der Waals surface area contributed by atoms with Crippen LogP contribution >= 0.6 is 0 Å². The van der Waals surface area contributed by atoms with Crippen LogP contribution in [0.1, 0.15) is 41.5 Å². The molecule has 0 unspecified atom stereocenters. The molecule has 5 heteroatoms. The van der Waals surface area contributed by atoms with Crippen molar-refractivity contribution < 1.29 is 0 Å². The second kappa shape index (κ2) is 9.55. The molecule has 3 heterocycles. The van der Waals surface area contributed by atoms with E-state index in [0.717, 1.165) is 6.67 Å². The maximum absolute atomic E-state index is 5.08. The van der Waals surface area contributed by atoms with Gasteiger partial charge in [0, 0.05) is 0 Å². The normalized spacial score (nSPS) is 14.6. The van der Waals surface area contributed by atoms with Crippen LogP contribution in [-0.4, -0.2) is 41.4 Å². The molecule has 6 rings (SSSR count). The number of hydrogen-bond acceptors (Lipinski definition) is 3. The van der Waals surface area contributed by atoms with E-state index in [9.17, 15) is 0 Å². The van der Waals surface area contributed by atoms with E-state index < -0.39 is 13.3 Å². The molecule has 3 aromatic carbocycles. The molecule has 0 atom stereocenters. The number of aromatic nitrogens is 2. The van der Waals surface area contributed by atoms with Crippen LogP contribution in [0.5, 0.6) is 0 Å². The van der Waals surface area contributed by atoms with Crippen molar-refractivity contribution in [3.63, 3.8) is 0 Å². The molecule has 1 aliphatic rings. The minimum absolute atomic E-state index is 0.0906. The first-order valence-corrected chi connectivity index (χ1v) is 18.4. The van der Waals surface area contributed by atoms with Gasteiger partial charge in [0.05, 0.1) is 0 Å². The van der Waals surface area contributed by atoms with Crippen molar-refractivity contribution in [3.8, 4) is 5.69 Å². The Hall–Kier alpha value is -3.51. The van der Waals surface area contributed by atoms with E-state index >= 15 is 0 Å². The summed E-state index contributed by atoms with van der Waals surface area (Å²) in [5.41, 5.74) is 4.90. The molecule has 4 nitrogen and oxygen atoms in total. The van der Waals surface area contributed by atoms with E-state index in [2.05, 4.69) is 154 Å². The fraction of sp³-hybridized carbons (Fsp3) is 0.286. The molecular formula is C35H40GeN4. The first kappa shape index (κ1) is 26.7. The second-order valence-corrected chi connectivity index (χ2v) is 25.0. The Labute approximate surface area is 241 Å². The van der Waals surface area contributed by atoms with Crippen LogP contribution in [0, 0.1) is 0 Å². The van der Waals surface area contributed by atoms with Gasteiger partial charge in [-0.2, -0.15) is 0 Å². The molecule has 0 radical (unpaired) electrons. The Bertz CT molecular complexity index is 1710. The predicted molar refractivity (Wildman–Crippen MR) is 174 cm³/mol. The molecule has 40 heavy (non-hydrogen) atoms. The second-order valence-electron chi connectivity index (χ2n) is 13.2. The Balaban J connectivity index is 1.63. The molecule has 0 amide bonds. The summed E-state index contributed by atoms with van der Waals surface area (Å²) in [6, 6.07) is 31.6. The number of hydrogen-bond donors (Lipinski definition) is 0. The third-order valence-electron chi connectivity index (χ3n) is 8.70. The summed E-state index contributed by atoms with van der Waals surface area (Å²) in [4.78, 5) is 9.58. The number of para-hydroxylation sites is 1. The van der Waals surface area contributed by atoms with Gasteiger partial charge in [-0.25, -0.2) is 0 Å². The summed E-state index contributed by atoms with van der Waals surface area (Å²) in [6.45, 7) is 15.5. The molecule has 2 aromatic heterocycles. The van der Waals surface area contributed by atoms with Crippen LogP contribution in [0.4, 0.5) is 5.69 Å². The van der Waals surface area contributed by atoms with Crippen LogP contribution in [0.25, 0.3) is 27.5 Å². The van der Waals surface area contributed by atoms with E-state index in [4.69, 9.17) is 4.98 Å².